The number of halogens is 1. The van der Waals surface area contributed by atoms with Crippen LogP contribution in [-0.2, 0) is 0 Å². The van der Waals surface area contributed by atoms with E-state index in [1.165, 1.54) is 0 Å². The van der Waals surface area contributed by atoms with Crippen molar-refractivity contribution in [1.82, 2.24) is 0 Å². The van der Waals surface area contributed by atoms with Gasteiger partial charge in [-0.05, 0) is 28.1 Å². The van der Waals surface area contributed by atoms with Crippen LogP contribution in [0.2, 0.25) is 0 Å². The lowest BCUT2D eigenvalue weighted by molar-refractivity contribution is 0.414. The molecule has 0 saturated carbocycles. The molecule has 3 heteroatoms. The van der Waals surface area contributed by atoms with Crippen molar-refractivity contribution < 1.29 is 4.74 Å². The van der Waals surface area contributed by atoms with Crippen LogP contribution in [0.4, 0.5) is 5.69 Å². The predicted molar refractivity (Wildman–Crippen MR) is 73.3 cm³/mol. The predicted octanol–water partition coefficient (Wildman–Crippen LogP) is 3.64. The molecular formula is C13H16BrNO. The summed E-state index contributed by atoms with van der Waals surface area (Å²) >= 11 is 3.53. The fourth-order valence-corrected chi connectivity index (χ4v) is 1.94. The lowest BCUT2D eigenvalue weighted by atomic mass is 10.2. The molecule has 0 bridgehead atoms. The summed E-state index contributed by atoms with van der Waals surface area (Å²) in [5, 5.41) is 0. The second-order valence-electron chi connectivity index (χ2n) is 3.30. The van der Waals surface area contributed by atoms with E-state index in [1.54, 1.807) is 7.11 Å². The van der Waals surface area contributed by atoms with E-state index < -0.39 is 0 Å². The van der Waals surface area contributed by atoms with E-state index in [0.717, 1.165) is 29.0 Å². The molecule has 86 valence electrons. The Kier molecular flexibility index (Phi) is 5.12. The normalized spacial score (nSPS) is 9.62. The molecular weight excluding hydrogens is 266 g/mol. The van der Waals surface area contributed by atoms with Crippen LogP contribution in [0.25, 0.3) is 0 Å². The summed E-state index contributed by atoms with van der Waals surface area (Å²) in [6, 6.07) is 5.90. The first-order chi connectivity index (χ1) is 7.72. The molecule has 0 amide bonds. The zero-order valence-corrected chi connectivity index (χ0v) is 11.0. The van der Waals surface area contributed by atoms with E-state index >= 15 is 0 Å². The summed E-state index contributed by atoms with van der Waals surface area (Å²) in [4.78, 5) is 2.16. The molecule has 0 spiro atoms. The second kappa shape index (κ2) is 6.38. The SMILES string of the molecule is C=CCN(CC=C)c1cc(OC)ccc1Br. The van der Waals surface area contributed by atoms with Crippen molar-refractivity contribution in [3.8, 4) is 5.75 Å². The van der Waals surface area contributed by atoms with Gasteiger partial charge in [-0.1, -0.05) is 12.2 Å². The monoisotopic (exact) mass is 281 g/mol. The van der Waals surface area contributed by atoms with Crippen LogP contribution in [0.5, 0.6) is 5.75 Å². The molecule has 0 aliphatic carbocycles. The third-order valence-corrected chi connectivity index (χ3v) is 2.86. The van der Waals surface area contributed by atoms with Crippen molar-refractivity contribution in [3.05, 3.63) is 48.0 Å². The zero-order valence-electron chi connectivity index (χ0n) is 9.45. The van der Waals surface area contributed by atoms with Crippen molar-refractivity contribution in [1.29, 1.82) is 0 Å². The van der Waals surface area contributed by atoms with Crippen LogP contribution in [0, 0.1) is 0 Å². The fourth-order valence-electron chi connectivity index (χ4n) is 1.44. The molecule has 0 N–H and O–H groups in total. The van der Waals surface area contributed by atoms with E-state index in [1.807, 2.05) is 30.4 Å². The average molecular weight is 282 g/mol. The number of rotatable bonds is 6. The molecule has 1 aromatic rings. The number of anilines is 1. The average Bonchev–Trinajstić information content (AvgIpc) is 2.29. The number of methoxy groups -OCH3 is 1. The Morgan fingerprint density at radius 3 is 2.44 bits per heavy atom. The Bertz CT molecular complexity index is 366. The smallest absolute Gasteiger partial charge is 0.121 e. The second-order valence-corrected chi connectivity index (χ2v) is 4.15. The molecule has 0 atom stereocenters. The van der Waals surface area contributed by atoms with Gasteiger partial charge < -0.3 is 9.64 Å². The third kappa shape index (κ3) is 3.14. The van der Waals surface area contributed by atoms with Crippen LogP contribution in [-0.4, -0.2) is 20.2 Å². The summed E-state index contributed by atoms with van der Waals surface area (Å²) < 4.78 is 6.26. The standard InChI is InChI=1S/C13H16BrNO/c1-4-8-15(9-5-2)13-10-11(16-3)6-7-12(13)14/h4-7,10H,1-2,8-9H2,3H3. The van der Waals surface area contributed by atoms with E-state index in [2.05, 4.69) is 34.0 Å². The van der Waals surface area contributed by atoms with Gasteiger partial charge in [-0.25, -0.2) is 0 Å². The maximum Gasteiger partial charge on any atom is 0.121 e. The zero-order chi connectivity index (χ0) is 12.0. The molecule has 0 aliphatic heterocycles. The first kappa shape index (κ1) is 12.8. The highest BCUT2D eigenvalue weighted by atomic mass is 79.9. The Hall–Kier alpha value is -1.22. The van der Waals surface area contributed by atoms with Gasteiger partial charge >= 0.3 is 0 Å². The Morgan fingerprint density at radius 2 is 1.94 bits per heavy atom. The summed E-state index contributed by atoms with van der Waals surface area (Å²) in [5.74, 6) is 0.844. The molecule has 0 heterocycles. The van der Waals surface area contributed by atoms with Crippen LogP contribution in [0.1, 0.15) is 0 Å². The molecule has 0 radical (unpaired) electrons. The highest BCUT2D eigenvalue weighted by Crippen LogP contribution is 2.30. The number of benzene rings is 1. The number of ether oxygens (including phenoxy) is 1. The van der Waals surface area contributed by atoms with E-state index in [-0.39, 0.29) is 0 Å². The van der Waals surface area contributed by atoms with Crippen molar-refractivity contribution >= 4 is 21.6 Å². The van der Waals surface area contributed by atoms with Crippen molar-refractivity contribution in [2.45, 2.75) is 0 Å². The van der Waals surface area contributed by atoms with Crippen LogP contribution >= 0.6 is 15.9 Å². The molecule has 2 nitrogen and oxygen atoms in total. The molecule has 0 fully saturated rings. The minimum Gasteiger partial charge on any atom is -0.497 e. The van der Waals surface area contributed by atoms with Gasteiger partial charge in [-0.15, -0.1) is 13.2 Å². The number of nitrogens with zero attached hydrogens (tertiary/aromatic N) is 1. The van der Waals surface area contributed by atoms with Crippen LogP contribution in [0.15, 0.2) is 48.0 Å². The lowest BCUT2D eigenvalue weighted by Crippen LogP contribution is -2.23. The molecule has 0 unspecified atom stereocenters. The van der Waals surface area contributed by atoms with Gasteiger partial charge in [0.2, 0.25) is 0 Å². The minimum absolute atomic E-state index is 0.776. The summed E-state index contributed by atoms with van der Waals surface area (Å²) in [6.07, 6.45) is 3.74. The lowest BCUT2D eigenvalue weighted by Gasteiger charge is -2.23. The van der Waals surface area contributed by atoms with Gasteiger partial charge in [0.25, 0.3) is 0 Å². The maximum absolute atomic E-state index is 5.22. The number of hydrogen-bond acceptors (Lipinski definition) is 2. The Morgan fingerprint density at radius 1 is 1.31 bits per heavy atom. The van der Waals surface area contributed by atoms with E-state index in [9.17, 15) is 0 Å². The van der Waals surface area contributed by atoms with Gasteiger partial charge in [0.15, 0.2) is 0 Å². The Labute approximate surface area is 105 Å². The first-order valence-electron chi connectivity index (χ1n) is 5.03. The topological polar surface area (TPSA) is 12.5 Å². The molecule has 0 aromatic heterocycles. The summed E-state index contributed by atoms with van der Waals surface area (Å²) in [6.45, 7) is 9.07. The largest absolute Gasteiger partial charge is 0.497 e. The molecule has 16 heavy (non-hydrogen) atoms. The van der Waals surface area contributed by atoms with E-state index in [0.29, 0.717) is 0 Å². The van der Waals surface area contributed by atoms with Gasteiger partial charge in [0.1, 0.15) is 5.75 Å². The molecule has 0 aliphatic rings. The van der Waals surface area contributed by atoms with Crippen LogP contribution in [0.3, 0.4) is 0 Å². The van der Waals surface area contributed by atoms with Gasteiger partial charge in [0, 0.05) is 23.6 Å². The van der Waals surface area contributed by atoms with Crippen LogP contribution < -0.4 is 9.64 Å². The fraction of sp³-hybridized carbons (Fsp3) is 0.231. The highest BCUT2D eigenvalue weighted by molar-refractivity contribution is 9.10. The molecule has 1 aromatic carbocycles. The van der Waals surface area contributed by atoms with E-state index in [4.69, 9.17) is 4.74 Å². The van der Waals surface area contributed by atoms with Gasteiger partial charge in [-0.3, -0.25) is 0 Å². The van der Waals surface area contributed by atoms with Crippen molar-refractivity contribution in [3.63, 3.8) is 0 Å². The summed E-state index contributed by atoms with van der Waals surface area (Å²) in [7, 11) is 1.67. The molecule has 0 saturated heterocycles. The quantitative estimate of drug-likeness (QED) is 0.739. The summed E-state index contributed by atoms with van der Waals surface area (Å²) in [5.41, 5.74) is 1.08. The van der Waals surface area contributed by atoms with Crippen molar-refractivity contribution in [2.75, 3.05) is 25.1 Å². The third-order valence-electron chi connectivity index (χ3n) is 2.19. The highest BCUT2D eigenvalue weighted by Gasteiger charge is 2.08. The van der Waals surface area contributed by atoms with Gasteiger partial charge in [-0.2, -0.15) is 0 Å². The van der Waals surface area contributed by atoms with Gasteiger partial charge in [0.05, 0.1) is 12.8 Å². The maximum atomic E-state index is 5.22. The first-order valence-corrected chi connectivity index (χ1v) is 5.82. The number of hydrogen-bond donors (Lipinski definition) is 0. The van der Waals surface area contributed by atoms with Crippen molar-refractivity contribution in [2.24, 2.45) is 0 Å². The minimum atomic E-state index is 0.776. The molecule has 1 rings (SSSR count). The Balaban J connectivity index is 3.05.